The number of nitrogens with zero attached hydrogens (tertiary/aromatic N) is 4. The number of carbonyl (C=O) groups is 4. The molecule has 0 radical (unpaired) electrons. The first-order chi connectivity index (χ1) is 28.9. The molecule has 0 fully saturated rings. The van der Waals surface area contributed by atoms with Crippen LogP contribution in [0.2, 0.25) is 5.02 Å². The van der Waals surface area contributed by atoms with Crippen LogP contribution in [0.15, 0.2) is 64.2 Å². The molecule has 2 aromatic heterocycles. The smallest absolute Gasteiger partial charge is 0.329 e. The summed E-state index contributed by atoms with van der Waals surface area (Å²) in [5.74, 6) is -2.65. The van der Waals surface area contributed by atoms with Crippen molar-refractivity contribution in [2.24, 2.45) is 23.3 Å². The van der Waals surface area contributed by atoms with Crippen LogP contribution in [0.1, 0.15) is 58.4 Å². The molecule has 61 heavy (non-hydrogen) atoms. The number of oxazole rings is 1. The SMILES string of the molecule is CC(N)C(=O)NC(C(=O)OCC(COc1ccc(-c2c(C#N)c(N)nc(SCc3coc(-c4ccc(Cl)cc4)n3)c2C#N)cc1)OC(=O)C(NC(=O)C(C)N)C(C)C)C(C)C. The maximum absolute atomic E-state index is 13.4. The zero-order valence-electron chi connectivity index (χ0n) is 34.4. The van der Waals surface area contributed by atoms with Crippen molar-refractivity contribution in [3.63, 3.8) is 0 Å². The normalized spacial score (nSPS) is 13.5. The van der Waals surface area contributed by atoms with E-state index < -0.39 is 66.5 Å². The Bertz CT molecular complexity index is 2270. The summed E-state index contributed by atoms with van der Waals surface area (Å²) in [4.78, 5) is 60.2. The molecule has 4 aromatic rings. The van der Waals surface area contributed by atoms with Crippen molar-refractivity contribution in [2.45, 2.75) is 82.6 Å². The quantitative estimate of drug-likeness (QED) is 0.0641. The summed E-state index contributed by atoms with van der Waals surface area (Å²) in [6.07, 6.45) is 0.308. The highest BCUT2D eigenvalue weighted by Crippen LogP contribution is 2.37. The summed E-state index contributed by atoms with van der Waals surface area (Å²) in [6.45, 7) is 8.98. The molecule has 5 unspecified atom stereocenters. The van der Waals surface area contributed by atoms with E-state index in [-0.39, 0.29) is 51.6 Å². The number of aromatic nitrogens is 2. The Balaban J connectivity index is 1.55. The van der Waals surface area contributed by atoms with Gasteiger partial charge < -0.3 is 46.5 Å². The zero-order chi connectivity index (χ0) is 45.0. The molecule has 2 aromatic carbocycles. The third-order valence-corrected chi connectivity index (χ3v) is 10.2. The van der Waals surface area contributed by atoms with Crippen LogP contribution in [0, 0.1) is 34.5 Å². The average Bonchev–Trinajstić information content (AvgIpc) is 3.70. The van der Waals surface area contributed by atoms with Crippen LogP contribution < -0.4 is 32.6 Å². The molecule has 0 bridgehead atoms. The van der Waals surface area contributed by atoms with Gasteiger partial charge in [0.2, 0.25) is 17.7 Å². The lowest BCUT2D eigenvalue weighted by atomic mass is 9.97. The van der Waals surface area contributed by atoms with Gasteiger partial charge in [-0.2, -0.15) is 10.5 Å². The minimum atomic E-state index is -1.19. The second kappa shape index (κ2) is 21.9. The summed E-state index contributed by atoms with van der Waals surface area (Å²) in [5, 5.41) is 26.4. The minimum Gasteiger partial charge on any atom is -0.490 e. The maximum atomic E-state index is 13.4. The van der Waals surface area contributed by atoms with Crippen LogP contribution in [0.4, 0.5) is 5.82 Å². The molecule has 17 nitrogen and oxygen atoms in total. The van der Waals surface area contributed by atoms with Crippen molar-refractivity contribution in [3.8, 4) is 40.5 Å². The highest BCUT2D eigenvalue weighted by molar-refractivity contribution is 7.98. The molecule has 0 aliphatic carbocycles. The molecule has 4 rings (SSSR count). The Morgan fingerprint density at radius 3 is 1.90 bits per heavy atom. The number of thioether (sulfide) groups is 1. The van der Waals surface area contributed by atoms with Crippen LogP contribution in [0.25, 0.3) is 22.6 Å². The van der Waals surface area contributed by atoms with E-state index in [0.29, 0.717) is 22.2 Å². The van der Waals surface area contributed by atoms with Gasteiger partial charge in [0.15, 0.2) is 6.10 Å². The standard InChI is InChI=1S/C42H48ClN9O8S/c1-21(2)34(50-37(53)23(5)46)41(55)59-19-30(60-42(56)35(22(3)4)51-38(54)24(6)47)18-57-29-13-9-25(10-14-29)33-31(15-44)36(48)52-40(32(33)16-45)61-20-28-17-58-39(49-28)26-7-11-27(43)12-8-26/h7-14,17,21-24,30,34-35H,18-20,46-47H2,1-6H3,(H2,48,52)(H,50,53)(H,51,54). The molecular formula is C42H48ClN9O8S. The lowest BCUT2D eigenvalue weighted by molar-refractivity contribution is -0.165. The Morgan fingerprint density at radius 1 is 0.803 bits per heavy atom. The van der Waals surface area contributed by atoms with Crippen LogP contribution >= 0.6 is 23.4 Å². The van der Waals surface area contributed by atoms with Gasteiger partial charge in [0, 0.05) is 21.9 Å². The number of ether oxygens (including phenoxy) is 3. The van der Waals surface area contributed by atoms with Gasteiger partial charge in [0.1, 0.15) is 65.9 Å². The van der Waals surface area contributed by atoms with Gasteiger partial charge in [-0.05, 0) is 67.6 Å². The largest absolute Gasteiger partial charge is 0.490 e. The van der Waals surface area contributed by atoms with E-state index >= 15 is 0 Å². The summed E-state index contributed by atoms with van der Waals surface area (Å²) in [7, 11) is 0. The molecule has 322 valence electrons. The van der Waals surface area contributed by atoms with Gasteiger partial charge in [0.25, 0.3) is 0 Å². The molecule has 0 aliphatic heterocycles. The first-order valence-electron chi connectivity index (χ1n) is 19.1. The summed E-state index contributed by atoms with van der Waals surface area (Å²) in [6, 6.07) is 13.7. The Hall–Kier alpha value is -6.18. The van der Waals surface area contributed by atoms with E-state index in [1.807, 2.05) is 0 Å². The number of hydrogen-bond acceptors (Lipinski definition) is 16. The van der Waals surface area contributed by atoms with E-state index in [0.717, 1.165) is 5.56 Å². The van der Waals surface area contributed by atoms with Gasteiger partial charge in [-0.3, -0.25) is 9.59 Å². The van der Waals surface area contributed by atoms with Gasteiger partial charge in [-0.15, -0.1) is 0 Å². The van der Waals surface area contributed by atoms with E-state index in [2.05, 4.69) is 32.7 Å². The van der Waals surface area contributed by atoms with Crippen LogP contribution in [-0.4, -0.2) is 77.2 Å². The first kappa shape index (κ1) is 47.5. The Morgan fingerprint density at radius 2 is 1.36 bits per heavy atom. The van der Waals surface area contributed by atoms with E-state index in [1.54, 1.807) is 76.2 Å². The number of nitrogen functional groups attached to an aromatic ring is 1. The number of hydrogen-bond donors (Lipinski definition) is 5. The highest BCUT2D eigenvalue weighted by atomic mass is 35.5. The predicted molar refractivity (Wildman–Crippen MR) is 227 cm³/mol. The number of nitrogens with two attached hydrogens (primary N) is 3. The monoisotopic (exact) mass is 873 g/mol. The number of esters is 2. The molecule has 0 spiro atoms. The van der Waals surface area contributed by atoms with Gasteiger partial charge in [-0.25, -0.2) is 19.6 Å². The molecule has 0 saturated heterocycles. The average molecular weight is 874 g/mol. The first-order valence-corrected chi connectivity index (χ1v) is 20.5. The third kappa shape index (κ3) is 12.9. The number of rotatable bonds is 19. The lowest BCUT2D eigenvalue weighted by Crippen LogP contribution is -2.52. The van der Waals surface area contributed by atoms with E-state index in [1.165, 1.54) is 31.9 Å². The van der Waals surface area contributed by atoms with Gasteiger partial charge >= 0.3 is 11.9 Å². The second-order valence-electron chi connectivity index (χ2n) is 14.7. The fraction of sp³-hybridized carbons (Fsp3) is 0.381. The molecule has 0 aliphatic rings. The van der Waals surface area contributed by atoms with Gasteiger partial charge in [-0.1, -0.05) is 63.2 Å². The predicted octanol–water partition coefficient (Wildman–Crippen LogP) is 4.48. The fourth-order valence-electron chi connectivity index (χ4n) is 5.52. The van der Waals surface area contributed by atoms with Crippen molar-refractivity contribution in [1.29, 1.82) is 10.5 Å². The van der Waals surface area contributed by atoms with Crippen molar-refractivity contribution in [1.82, 2.24) is 20.6 Å². The molecule has 5 atom stereocenters. The Labute approximate surface area is 362 Å². The molecule has 19 heteroatoms. The summed E-state index contributed by atoms with van der Waals surface area (Å²) >= 11 is 7.19. The van der Waals surface area contributed by atoms with Crippen molar-refractivity contribution < 1.29 is 37.8 Å². The highest BCUT2D eigenvalue weighted by Gasteiger charge is 2.32. The second-order valence-corrected chi connectivity index (χ2v) is 16.1. The molecular weight excluding hydrogens is 826 g/mol. The minimum absolute atomic E-state index is 0.00228. The fourth-order valence-corrected chi connectivity index (χ4v) is 6.52. The summed E-state index contributed by atoms with van der Waals surface area (Å²) < 4.78 is 22.9. The van der Waals surface area contributed by atoms with Crippen LogP contribution in [-0.2, 0) is 34.4 Å². The maximum Gasteiger partial charge on any atom is 0.329 e. The third-order valence-electron chi connectivity index (χ3n) is 8.95. The van der Waals surface area contributed by atoms with Crippen molar-refractivity contribution in [2.75, 3.05) is 18.9 Å². The van der Waals surface area contributed by atoms with Crippen LogP contribution in [0.5, 0.6) is 5.75 Å². The number of pyridine rings is 1. The summed E-state index contributed by atoms with van der Waals surface area (Å²) in [5.41, 5.74) is 19.8. The van der Waals surface area contributed by atoms with Crippen molar-refractivity contribution in [3.05, 3.63) is 76.6 Å². The van der Waals surface area contributed by atoms with E-state index in [9.17, 15) is 29.7 Å². The zero-order valence-corrected chi connectivity index (χ0v) is 36.0. The number of benzene rings is 2. The number of anilines is 1. The topological polar surface area (TPSA) is 285 Å². The van der Waals surface area contributed by atoms with E-state index in [4.69, 9.17) is 47.4 Å². The molecule has 2 amide bonds. The number of nitrogens with one attached hydrogen (secondary N) is 2. The Kier molecular flexibility index (Phi) is 17.0. The molecule has 8 N–H and O–H groups in total. The molecule has 2 heterocycles. The number of halogens is 1. The number of carbonyl (C=O) groups excluding carboxylic acids is 4. The lowest BCUT2D eigenvalue weighted by Gasteiger charge is -2.26. The number of amides is 2. The molecule has 0 saturated carbocycles. The van der Waals surface area contributed by atoms with Gasteiger partial charge in [0.05, 0.1) is 23.3 Å². The van der Waals surface area contributed by atoms with Crippen LogP contribution in [0.3, 0.4) is 0 Å². The van der Waals surface area contributed by atoms with Crippen molar-refractivity contribution >= 4 is 52.9 Å². The number of nitriles is 2.